The predicted octanol–water partition coefficient (Wildman–Crippen LogP) is 1.43. The summed E-state index contributed by atoms with van der Waals surface area (Å²) in [4.78, 5) is 11.7. The van der Waals surface area contributed by atoms with Crippen molar-refractivity contribution < 1.29 is 0 Å². The minimum atomic E-state index is 0.203. The van der Waals surface area contributed by atoms with Crippen LogP contribution in [0.25, 0.3) is 0 Å². The monoisotopic (exact) mass is 184 g/mol. The Kier molecular flexibility index (Phi) is 2.99. The van der Waals surface area contributed by atoms with Crippen molar-refractivity contribution in [3.05, 3.63) is 23.8 Å². The molecule has 5 heteroatoms. The molecule has 4 nitrogen and oxygen atoms in total. The maximum atomic E-state index is 5.60. The second kappa shape index (κ2) is 4.01. The molecule has 0 radical (unpaired) electrons. The molecule has 0 aromatic carbocycles. The summed E-state index contributed by atoms with van der Waals surface area (Å²) in [5, 5.41) is 3.11. The largest absolute Gasteiger partial charge is 0.351 e. The zero-order valence-electron chi connectivity index (χ0n) is 6.71. The molecule has 0 amide bonds. The summed E-state index contributed by atoms with van der Waals surface area (Å²) in [5.74, 6) is 1.08. The van der Waals surface area contributed by atoms with Gasteiger partial charge in [-0.05, 0) is 18.5 Å². The van der Waals surface area contributed by atoms with E-state index >= 15 is 0 Å². The first-order chi connectivity index (χ1) is 5.72. The number of aryl methyl sites for hydroxylation is 1. The van der Waals surface area contributed by atoms with Crippen LogP contribution in [0.2, 0.25) is 5.28 Å². The summed E-state index contributed by atoms with van der Waals surface area (Å²) < 4.78 is 0. The van der Waals surface area contributed by atoms with E-state index in [4.69, 9.17) is 11.6 Å². The van der Waals surface area contributed by atoms with Crippen LogP contribution in [0.15, 0.2) is 12.7 Å². The third-order valence-corrected chi connectivity index (χ3v) is 1.29. The fourth-order valence-electron chi connectivity index (χ4n) is 0.692. The van der Waals surface area contributed by atoms with Crippen molar-refractivity contribution in [2.24, 2.45) is 0 Å². The maximum absolute atomic E-state index is 5.60. The van der Waals surface area contributed by atoms with Crippen molar-refractivity contribution in [1.29, 1.82) is 0 Å². The lowest BCUT2D eigenvalue weighted by Gasteiger charge is -2.01. The SMILES string of the molecule is C=CCNc1nc(C)nc(Cl)n1. The first kappa shape index (κ1) is 8.93. The molecule has 0 aliphatic rings. The molecule has 1 aromatic rings. The number of halogens is 1. The Labute approximate surface area is 75.7 Å². The van der Waals surface area contributed by atoms with Gasteiger partial charge in [0.25, 0.3) is 0 Å². The van der Waals surface area contributed by atoms with Crippen LogP contribution in [0.4, 0.5) is 5.95 Å². The van der Waals surface area contributed by atoms with Gasteiger partial charge in [0, 0.05) is 6.54 Å². The molecule has 0 aliphatic heterocycles. The maximum Gasteiger partial charge on any atom is 0.227 e. The second-order valence-electron chi connectivity index (χ2n) is 2.14. The lowest BCUT2D eigenvalue weighted by molar-refractivity contribution is 0.970. The molecule has 0 unspecified atom stereocenters. The summed E-state index contributed by atoms with van der Waals surface area (Å²) in [6.45, 7) is 5.92. The van der Waals surface area contributed by atoms with E-state index in [9.17, 15) is 0 Å². The minimum Gasteiger partial charge on any atom is -0.351 e. The highest BCUT2D eigenvalue weighted by Crippen LogP contribution is 2.04. The Morgan fingerprint density at radius 2 is 2.25 bits per heavy atom. The van der Waals surface area contributed by atoms with Gasteiger partial charge >= 0.3 is 0 Å². The fraction of sp³-hybridized carbons (Fsp3) is 0.286. The van der Waals surface area contributed by atoms with E-state index in [0.717, 1.165) is 0 Å². The molecule has 0 spiro atoms. The van der Waals surface area contributed by atoms with E-state index in [1.54, 1.807) is 13.0 Å². The Morgan fingerprint density at radius 3 is 2.83 bits per heavy atom. The van der Waals surface area contributed by atoms with Crippen molar-refractivity contribution in [1.82, 2.24) is 15.0 Å². The average molecular weight is 185 g/mol. The van der Waals surface area contributed by atoms with Crippen LogP contribution < -0.4 is 5.32 Å². The van der Waals surface area contributed by atoms with E-state index in [0.29, 0.717) is 18.3 Å². The van der Waals surface area contributed by atoms with Crippen LogP contribution in [-0.2, 0) is 0 Å². The molecule has 64 valence electrons. The van der Waals surface area contributed by atoms with Gasteiger partial charge in [0.15, 0.2) is 0 Å². The molecule has 1 heterocycles. The van der Waals surface area contributed by atoms with Crippen LogP contribution in [0.1, 0.15) is 5.82 Å². The molecule has 0 saturated heterocycles. The smallest absolute Gasteiger partial charge is 0.227 e. The van der Waals surface area contributed by atoms with Gasteiger partial charge in [0.2, 0.25) is 11.2 Å². The average Bonchev–Trinajstić information content (AvgIpc) is 1.99. The van der Waals surface area contributed by atoms with Gasteiger partial charge in [-0.25, -0.2) is 4.98 Å². The highest BCUT2D eigenvalue weighted by atomic mass is 35.5. The van der Waals surface area contributed by atoms with E-state index in [2.05, 4.69) is 26.8 Å². The van der Waals surface area contributed by atoms with E-state index in [-0.39, 0.29) is 5.28 Å². The van der Waals surface area contributed by atoms with Crippen LogP contribution in [0, 0.1) is 6.92 Å². The predicted molar refractivity (Wildman–Crippen MR) is 48.3 cm³/mol. The van der Waals surface area contributed by atoms with Gasteiger partial charge in [-0.2, -0.15) is 9.97 Å². The molecular formula is C7H9ClN4. The Bertz CT molecular complexity index is 266. The normalized spacial score (nSPS) is 9.50. The van der Waals surface area contributed by atoms with Gasteiger partial charge in [0.1, 0.15) is 5.82 Å². The number of aromatic nitrogens is 3. The van der Waals surface area contributed by atoms with Crippen molar-refractivity contribution >= 4 is 17.5 Å². The third-order valence-electron chi connectivity index (χ3n) is 1.12. The third kappa shape index (κ3) is 2.47. The number of hydrogen-bond donors (Lipinski definition) is 1. The van der Waals surface area contributed by atoms with E-state index in [1.165, 1.54) is 0 Å². The summed E-state index contributed by atoms with van der Waals surface area (Å²) in [5.41, 5.74) is 0. The van der Waals surface area contributed by atoms with Gasteiger partial charge in [-0.15, -0.1) is 6.58 Å². The second-order valence-corrected chi connectivity index (χ2v) is 2.48. The number of nitrogens with zero attached hydrogens (tertiary/aromatic N) is 3. The van der Waals surface area contributed by atoms with Crippen molar-refractivity contribution in [3.63, 3.8) is 0 Å². The topological polar surface area (TPSA) is 50.7 Å². The van der Waals surface area contributed by atoms with Crippen LogP contribution in [-0.4, -0.2) is 21.5 Å². The van der Waals surface area contributed by atoms with Gasteiger partial charge in [-0.1, -0.05) is 6.08 Å². The molecule has 1 aromatic heterocycles. The highest BCUT2D eigenvalue weighted by molar-refractivity contribution is 6.28. The number of nitrogens with one attached hydrogen (secondary N) is 1. The number of anilines is 1. The Morgan fingerprint density at radius 1 is 1.50 bits per heavy atom. The molecule has 0 aliphatic carbocycles. The summed E-state index contributed by atoms with van der Waals surface area (Å²) >= 11 is 5.60. The van der Waals surface area contributed by atoms with Crippen LogP contribution in [0.3, 0.4) is 0 Å². The lowest BCUT2D eigenvalue weighted by atomic mass is 10.6. The van der Waals surface area contributed by atoms with Crippen molar-refractivity contribution in [3.8, 4) is 0 Å². The molecule has 0 atom stereocenters. The van der Waals surface area contributed by atoms with Crippen LogP contribution >= 0.6 is 11.6 Å². The Balaban J connectivity index is 2.78. The quantitative estimate of drug-likeness (QED) is 0.723. The summed E-state index contributed by atoms with van der Waals surface area (Å²) in [6, 6.07) is 0. The van der Waals surface area contributed by atoms with Crippen LogP contribution in [0.5, 0.6) is 0 Å². The lowest BCUT2D eigenvalue weighted by Crippen LogP contribution is -2.05. The first-order valence-corrected chi connectivity index (χ1v) is 3.83. The standard InChI is InChI=1S/C7H9ClN4/c1-3-4-9-7-11-5(2)10-6(8)12-7/h3H,1,4H2,2H3,(H,9,10,11,12). The molecule has 12 heavy (non-hydrogen) atoms. The fourth-order valence-corrected chi connectivity index (χ4v) is 0.894. The number of hydrogen-bond acceptors (Lipinski definition) is 4. The number of rotatable bonds is 3. The van der Waals surface area contributed by atoms with Crippen molar-refractivity contribution in [2.75, 3.05) is 11.9 Å². The molecule has 1 N–H and O–H groups in total. The first-order valence-electron chi connectivity index (χ1n) is 3.45. The molecule has 0 saturated carbocycles. The molecule has 0 bridgehead atoms. The van der Waals surface area contributed by atoms with Crippen molar-refractivity contribution in [2.45, 2.75) is 6.92 Å². The highest BCUT2D eigenvalue weighted by Gasteiger charge is 1.98. The van der Waals surface area contributed by atoms with Gasteiger partial charge < -0.3 is 5.32 Å². The molecular weight excluding hydrogens is 176 g/mol. The zero-order valence-corrected chi connectivity index (χ0v) is 7.47. The molecule has 1 rings (SSSR count). The zero-order chi connectivity index (χ0) is 8.97. The minimum absolute atomic E-state index is 0.203. The Hall–Kier alpha value is -1.16. The van der Waals surface area contributed by atoms with Gasteiger partial charge in [0.05, 0.1) is 0 Å². The van der Waals surface area contributed by atoms with E-state index < -0.39 is 0 Å². The summed E-state index contributed by atoms with van der Waals surface area (Å²) in [6.07, 6.45) is 1.72. The summed E-state index contributed by atoms with van der Waals surface area (Å²) in [7, 11) is 0. The molecule has 0 fully saturated rings. The van der Waals surface area contributed by atoms with E-state index in [1.807, 2.05) is 0 Å². The van der Waals surface area contributed by atoms with Gasteiger partial charge in [-0.3, -0.25) is 0 Å².